The first kappa shape index (κ1) is 17.7. The average molecular weight is 372 g/mol. The number of anilines is 4. The van der Waals surface area contributed by atoms with E-state index in [0.29, 0.717) is 16.9 Å². The van der Waals surface area contributed by atoms with Crippen LogP contribution in [0.1, 0.15) is 22.8 Å². The number of rotatable bonds is 4. The lowest BCUT2D eigenvalue weighted by atomic mass is 10.2. The first-order valence-corrected chi connectivity index (χ1v) is 9.11. The van der Waals surface area contributed by atoms with E-state index in [0.717, 1.165) is 18.8 Å². The molecule has 0 atom stereocenters. The zero-order valence-electron chi connectivity index (χ0n) is 15.5. The second-order valence-corrected chi connectivity index (χ2v) is 6.65. The van der Waals surface area contributed by atoms with Gasteiger partial charge in [0.15, 0.2) is 0 Å². The highest BCUT2D eigenvalue weighted by molar-refractivity contribution is 6.04. The van der Waals surface area contributed by atoms with Crippen LogP contribution in [0.15, 0.2) is 66.9 Å². The molecule has 2 heterocycles. The minimum Gasteiger partial charge on any atom is -0.326 e. The van der Waals surface area contributed by atoms with Gasteiger partial charge in [0.1, 0.15) is 5.82 Å². The van der Waals surface area contributed by atoms with Gasteiger partial charge in [-0.15, -0.1) is 0 Å². The van der Waals surface area contributed by atoms with Gasteiger partial charge in [-0.1, -0.05) is 18.2 Å². The molecule has 6 nitrogen and oxygen atoms in total. The predicted molar refractivity (Wildman–Crippen MR) is 110 cm³/mol. The number of nitrogens with one attached hydrogen (secondary N) is 2. The topological polar surface area (TPSA) is 74.3 Å². The number of carbonyl (C=O) groups is 2. The molecule has 0 bridgehead atoms. The Morgan fingerprint density at radius 1 is 0.929 bits per heavy atom. The number of pyridine rings is 1. The summed E-state index contributed by atoms with van der Waals surface area (Å²) < 4.78 is 0. The van der Waals surface area contributed by atoms with Crippen LogP contribution in [0.4, 0.5) is 22.9 Å². The number of benzene rings is 2. The van der Waals surface area contributed by atoms with Gasteiger partial charge < -0.3 is 15.5 Å². The molecule has 2 N–H and O–H groups in total. The second-order valence-electron chi connectivity index (χ2n) is 6.65. The highest BCUT2D eigenvalue weighted by Crippen LogP contribution is 2.33. The lowest BCUT2D eigenvalue weighted by Crippen LogP contribution is -2.16. The van der Waals surface area contributed by atoms with E-state index in [1.165, 1.54) is 18.2 Å². The van der Waals surface area contributed by atoms with Gasteiger partial charge in [0, 0.05) is 36.7 Å². The van der Waals surface area contributed by atoms with Crippen LogP contribution in [-0.4, -0.2) is 23.3 Å². The summed E-state index contributed by atoms with van der Waals surface area (Å²) >= 11 is 0. The van der Waals surface area contributed by atoms with E-state index in [9.17, 15) is 9.59 Å². The molecule has 0 fully saturated rings. The molecule has 28 heavy (non-hydrogen) atoms. The zero-order chi connectivity index (χ0) is 19.5. The molecule has 0 radical (unpaired) electrons. The standard InChI is InChI=1S/C22H20N4O2/c1-15(27)24-18-7-9-19(10-8-18)25-22(28)17-6-11-21(23-14-17)26-13-12-16-4-2-3-5-20(16)26/h2-11,14H,12-13H2,1H3,(H,24,27)(H,25,28). The van der Waals surface area contributed by atoms with Crippen molar-refractivity contribution in [3.05, 3.63) is 78.0 Å². The Morgan fingerprint density at radius 3 is 2.32 bits per heavy atom. The van der Waals surface area contributed by atoms with Gasteiger partial charge in [0.25, 0.3) is 5.91 Å². The normalized spacial score (nSPS) is 12.4. The molecular formula is C22H20N4O2. The first-order valence-electron chi connectivity index (χ1n) is 9.11. The van der Waals surface area contributed by atoms with Crippen molar-refractivity contribution in [3.63, 3.8) is 0 Å². The fourth-order valence-corrected chi connectivity index (χ4v) is 3.30. The van der Waals surface area contributed by atoms with Gasteiger partial charge in [-0.3, -0.25) is 9.59 Å². The Kier molecular flexibility index (Phi) is 4.76. The Labute approximate surface area is 163 Å². The molecule has 3 aromatic rings. The molecule has 0 saturated heterocycles. The Morgan fingerprint density at radius 2 is 1.64 bits per heavy atom. The molecule has 2 aromatic carbocycles. The summed E-state index contributed by atoms with van der Waals surface area (Å²) in [6.07, 6.45) is 2.59. The molecule has 140 valence electrons. The summed E-state index contributed by atoms with van der Waals surface area (Å²) in [5, 5.41) is 5.53. The summed E-state index contributed by atoms with van der Waals surface area (Å²) in [7, 11) is 0. The van der Waals surface area contributed by atoms with Gasteiger partial charge in [-0.2, -0.15) is 0 Å². The average Bonchev–Trinajstić information content (AvgIpc) is 3.13. The number of carbonyl (C=O) groups excluding carboxylic acids is 2. The summed E-state index contributed by atoms with van der Waals surface area (Å²) in [5.74, 6) is 0.470. The Bertz CT molecular complexity index is 1010. The molecule has 6 heteroatoms. The molecular weight excluding hydrogens is 352 g/mol. The lowest BCUT2D eigenvalue weighted by molar-refractivity contribution is -0.114. The lowest BCUT2D eigenvalue weighted by Gasteiger charge is -2.18. The fraction of sp³-hybridized carbons (Fsp3) is 0.136. The number of fused-ring (bicyclic) bond motifs is 1. The van der Waals surface area contributed by atoms with Crippen LogP contribution in [0.25, 0.3) is 0 Å². The van der Waals surface area contributed by atoms with E-state index in [1.54, 1.807) is 36.5 Å². The van der Waals surface area contributed by atoms with Crippen molar-refractivity contribution >= 4 is 34.7 Å². The van der Waals surface area contributed by atoms with Crippen molar-refractivity contribution in [1.82, 2.24) is 4.98 Å². The summed E-state index contributed by atoms with van der Waals surface area (Å²) in [6, 6.07) is 18.9. The molecule has 0 saturated carbocycles. The van der Waals surface area contributed by atoms with Crippen molar-refractivity contribution in [2.45, 2.75) is 13.3 Å². The van der Waals surface area contributed by atoms with Crippen LogP contribution in [0, 0.1) is 0 Å². The quantitative estimate of drug-likeness (QED) is 0.726. The van der Waals surface area contributed by atoms with E-state index in [2.05, 4.69) is 32.7 Å². The number of aromatic nitrogens is 1. The van der Waals surface area contributed by atoms with Gasteiger partial charge in [-0.05, 0) is 54.4 Å². The summed E-state index contributed by atoms with van der Waals surface area (Å²) in [5.41, 5.74) is 4.31. The van der Waals surface area contributed by atoms with Crippen molar-refractivity contribution < 1.29 is 9.59 Å². The number of amides is 2. The Hall–Kier alpha value is -3.67. The molecule has 2 amide bonds. The highest BCUT2D eigenvalue weighted by Gasteiger charge is 2.20. The van der Waals surface area contributed by atoms with Crippen LogP contribution in [0.2, 0.25) is 0 Å². The third-order valence-corrected chi connectivity index (χ3v) is 4.64. The van der Waals surface area contributed by atoms with Crippen LogP contribution >= 0.6 is 0 Å². The fourth-order valence-electron chi connectivity index (χ4n) is 3.30. The maximum atomic E-state index is 12.5. The van der Waals surface area contributed by atoms with Gasteiger partial charge in [-0.25, -0.2) is 4.98 Å². The number of nitrogens with zero attached hydrogens (tertiary/aromatic N) is 2. The predicted octanol–water partition coefficient (Wildman–Crippen LogP) is 3.99. The molecule has 1 aliphatic heterocycles. The third kappa shape index (κ3) is 3.71. The van der Waals surface area contributed by atoms with Crippen molar-refractivity contribution in [2.75, 3.05) is 22.1 Å². The maximum Gasteiger partial charge on any atom is 0.257 e. The van der Waals surface area contributed by atoms with Crippen molar-refractivity contribution in [3.8, 4) is 0 Å². The molecule has 1 aromatic heterocycles. The molecule has 1 aliphatic rings. The second kappa shape index (κ2) is 7.52. The molecule has 0 unspecified atom stereocenters. The van der Waals surface area contributed by atoms with E-state index >= 15 is 0 Å². The minimum absolute atomic E-state index is 0.136. The van der Waals surface area contributed by atoms with Crippen LogP contribution < -0.4 is 15.5 Å². The SMILES string of the molecule is CC(=O)Nc1ccc(NC(=O)c2ccc(N3CCc4ccccc43)nc2)cc1. The number of hydrogen-bond acceptors (Lipinski definition) is 4. The van der Waals surface area contributed by atoms with Crippen LogP contribution in [0.5, 0.6) is 0 Å². The summed E-state index contributed by atoms with van der Waals surface area (Å²) in [4.78, 5) is 30.2. The number of hydrogen-bond donors (Lipinski definition) is 2. The van der Waals surface area contributed by atoms with E-state index < -0.39 is 0 Å². The monoisotopic (exact) mass is 372 g/mol. The number of para-hydroxylation sites is 1. The van der Waals surface area contributed by atoms with E-state index in [1.807, 2.05) is 18.2 Å². The first-order chi connectivity index (χ1) is 13.6. The van der Waals surface area contributed by atoms with Gasteiger partial charge in [0.05, 0.1) is 5.56 Å². The minimum atomic E-state index is -0.229. The molecule has 0 aliphatic carbocycles. The van der Waals surface area contributed by atoms with E-state index in [4.69, 9.17) is 0 Å². The smallest absolute Gasteiger partial charge is 0.257 e. The van der Waals surface area contributed by atoms with Gasteiger partial charge in [0.2, 0.25) is 5.91 Å². The Balaban J connectivity index is 1.44. The zero-order valence-corrected chi connectivity index (χ0v) is 15.5. The van der Waals surface area contributed by atoms with Crippen LogP contribution in [0.3, 0.4) is 0 Å². The van der Waals surface area contributed by atoms with E-state index in [-0.39, 0.29) is 11.8 Å². The van der Waals surface area contributed by atoms with Crippen molar-refractivity contribution in [1.29, 1.82) is 0 Å². The highest BCUT2D eigenvalue weighted by atomic mass is 16.2. The third-order valence-electron chi connectivity index (χ3n) is 4.64. The van der Waals surface area contributed by atoms with Crippen molar-refractivity contribution in [2.24, 2.45) is 0 Å². The maximum absolute atomic E-state index is 12.5. The molecule has 4 rings (SSSR count). The van der Waals surface area contributed by atoms with Crippen LogP contribution in [-0.2, 0) is 11.2 Å². The molecule has 0 spiro atoms. The van der Waals surface area contributed by atoms with Gasteiger partial charge >= 0.3 is 0 Å². The summed E-state index contributed by atoms with van der Waals surface area (Å²) in [6.45, 7) is 2.34. The largest absolute Gasteiger partial charge is 0.326 e.